The van der Waals surface area contributed by atoms with Crippen molar-refractivity contribution in [1.82, 2.24) is 9.55 Å². The number of hydrogen-bond acceptors (Lipinski definition) is 4. The fourth-order valence-electron chi connectivity index (χ4n) is 3.10. The standard InChI is InChI=1S/C22H23F2N3O3S/c1-12-10-14(13(2)26-31(29,30)22(3,4)5)19-15(11-12)21(28)27(6)20(25-19)18-16(23)8-7-9-17(18)24/h7-11H,1-6H3/b26-13+. The molecule has 1 heterocycles. The third-order valence-electron chi connectivity index (χ3n) is 4.93. The first-order valence-electron chi connectivity index (χ1n) is 9.52. The van der Waals surface area contributed by atoms with Crippen LogP contribution in [0, 0.1) is 18.6 Å². The van der Waals surface area contributed by atoms with Crippen LogP contribution in [0.1, 0.15) is 38.8 Å². The van der Waals surface area contributed by atoms with E-state index in [1.165, 1.54) is 40.8 Å². The molecule has 0 bridgehead atoms. The van der Waals surface area contributed by atoms with Crippen molar-refractivity contribution in [2.75, 3.05) is 0 Å². The third-order valence-corrected chi connectivity index (χ3v) is 6.99. The molecule has 0 spiro atoms. The highest BCUT2D eigenvalue weighted by molar-refractivity contribution is 7.91. The third kappa shape index (κ3) is 4.01. The lowest BCUT2D eigenvalue weighted by atomic mass is 10.0. The molecule has 0 N–H and O–H groups in total. The number of nitrogens with zero attached hydrogens (tertiary/aromatic N) is 3. The van der Waals surface area contributed by atoms with E-state index in [4.69, 9.17) is 0 Å². The van der Waals surface area contributed by atoms with Gasteiger partial charge in [-0.2, -0.15) is 4.40 Å². The van der Waals surface area contributed by atoms with Gasteiger partial charge < -0.3 is 0 Å². The first-order chi connectivity index (χ1) is 14.2. The van der Waals surface area contributed by atoms with Crippen molar-refractivity contribution in [3.05, 3.63) is 63.4 Å². The van der Waals surface area contributed by atoms with E-state index in [0.29, 0.717) is 11.1 Å². The number of sulfonamides is 1. The summed E-state index contributed by atoms with van der Waals surface area (Å²) in [5, 5.41) is 0.195. The topological polar surface area (TPSA) is 81.4 Å². The van der Waals surface area contributed by atoms with Crippen molar-refractivity contribution in [1.29, 1.82) is 0 Å². The number of aromatic nitrogens is 2. The Hall–Kier alpha value is -2.94. The summed E-state index contributed by atoms with van der Waals surface area (Å²) < 4.78 is 57.9. The Kier molecular flexibility index (Phi) is 5.60. The predicted molar refractivity (Wildman–Crippen MR) is 118 cm³/mol. The Labute approximate surface area is 179 Å². The molecule has 0 aliphatic carbocycles. The maximum atomic E-state index is 14.4. The van der Waals surface area contributed by atoms with Crippen LogP contribution in [0.2, 0.25) is 0 Å². The molecule has 0 saturated carbocycles. The Balaban J connectivity index is 2.43. The Morgan fingerprint density at radius 2 is 1.71 bits per heavy atom. The van der Waals surface area contributed by atoms with Gasteiger partial charge in [-0.3, -0.25) is 9.36 Å². The fourth-order valence-corrected chi connectivity index (χ4v) is 3.83. The Morgan fingerprint density at radius 1 is 1.13 bits per heavy atom. The van der Waals surface area contributed by atoms with E-state index in [1.807, 2.05) is 0 Å². The molecule has 164 valence electrons. The molecule has 0 radical (unpaired) electrons. The number of benzene rings is 2. The molecule has 3 rings (SSSR count). The summed E-state index contributed by atoms with van der Waals surface area (Å²) in [6.45, 7) is 7.83. The van der Waals surface area contributed by atoms with Gasteiger partial charge in [-0.1, -0.05) is 6.07 Å². The first-order valence-corrected chi connectivity index (χ1v) is 11.0. The second-order valence-electron chi connectivity index (χ2n) is 8.37. The van der Waals surface area contributed by atoms with E-state index in [2.05, 4.69) is 9.38 Å². The fraction of sp³-hybridized carbons (Fsp3) is 0.318. The van der Waals surface area contributed by atoms with Gasteiger partial charge in [0.15, 0.2) is 0 Å². The molecular weight excluding hydrogens is 424 g/mol. The minimum Gasteiger partial charge on any atom is -0.295 e. The van der Waals surface area contributed by atoms with Gasteiger partial charge in [0.1, 0.15) is 17.5 Å². The van der Waals surface area contributed by atoms with Crippen molar-refractivity contribution in [2.24, 2.45) is 11.4 Å². The molecule has 6 nitrogen and oxygen atoms in total. The van der Waals surface area contributed by atoms with Crippen molar-refractivity contribution in [2.45, 2.75) is 39.4 Å². The maximum Gasteiger partial charge on any atom is 0.261 e. The van der Waals surface area contributed by atoms with E-state index in [-0.39, 0.29) is 22.4 Å². The quantitative estimate of drug-likeness (QED) is 0.566. The second-order valence-corrected chi connectivity index (χ2v) is 10.7. The molecule has 0 fully saturated rings. The number of aryl methyl sites for hydroxylation is 1. The molecule has 2 aromatic carbocycles. The van der Waals surface area contributed by atoms with E-state index in [1.54, 1.807) is 19.1 Å². The van der Waals surface area contributed by atoms with Crippen molar-refractivity contribution in [3.63, 3.8) is 0 Å². The monoisotopic (exact) mass is 447 g/mol. The average Bonchev–Trinajstić information content (AvgIpc) is 2.64. The number of hydrogen-bond donors (Lipinski definition) is 0. The highest BCUT2D eigenvalue weighted by atomic mass is 32.2. The smallest absolute Gasteiger partial charge is 0.261 e. The Bertz CT molecular complexity index is 1380. The van der Waals surface area contributed by atoms with Gasteiger partial charge in [-0.05, 0) is 64.4 Å². The zero-order valence-electron chi connectivity index (χ0n) is 18.1. The van der Waals surface area contributed by atoms with Gasteiger partial charge in [0.25, 0.3) is 15.6 Å². The van der Waals surface area contributed by atoms with Gasteiger partial charge >= 0.3 is 0 Å². The van der Waals surface area contributed by atoms with Gasteiger partial charge in [-0.15, -0.1) is 0 Å². The lowest BCUT2D eigenvalue weighted by Gasteiger charge is -2.17. The minimum absolute atomic E-state index is 0.122. The summed E-state index contributed by atoms with van der Waals surface area (Å²) in [4.78, 5) is 17.4. The van der Waals surface area contributed by atoms with Crippen LogP contribution in [0.5, 0.6) is 0 Å². The Morgan fingerprint density at radius 3 is 2.26 bits per heavy atom. The lowest BCUT2D eigenvalue weighted by Crippen LogP contribution is -2.27. The van der Waals surface area contributed by atoms with Crippen LogP contribution >= 0.6 is 0 Å². The molecule has 0 amide bonds. The number of halogens is 2. The molecule has 0 atom stereocenters. The zero-order valence-corrected chi connectivity index (χ0v) is 18.9. The summed E-state index contributed by atoms with van der Waals surface area (Å²) in [6.07, 6.45) is 0. The summed E-state index contributed by atoms with van der Waals surface area (Å²) in [6, 6.07) is 6.62. The summed E-state index contributed by atoms with van der Waals surface area (Å²) in [7, 11) is -2.49. The van der Waals surface area contributed by atoms with Gasteiger partial charge in [0.05, 0.1) is 26.9 Å². The molecular formula is C22H23F2N3O3S. The van der Waals surface area contributed by atoms with Crippen LogP contribution in [0.3, 0.4) is 0 Å². The molecule has 0 aliphatic heterocycles. The highest BCUT2D eigenvalue weighted by Crippen LogP contribution is 2.27. The van der Waals surface area contributed by atoms with Crippen molar-refractivity contribution >= 4 is 26.6 Å². The van der Waals surface area contributed by atoms with Gasteiger partial charge in [-0.25, -0.2) is 22.2 Å². The van der Waals surface area contributed by atoms with E-state index < -0.39 is 37.5 Å². The van der Waals surface area contributed by atoms with Crippen LogP contribution in [0.25, 0.3) is 22.3 Å². The second kappa shape index (κ2) is 7.64. The largest absolute Gasteiger partial charge is 0.295 e. The summed E-state index contributed by atoms with van der Waals surface area (Å²) in [5.74, 6) is -1.93. The van der Waals surface area contributed by atoms with E-state index in [9.17, 15) is 22.0 Å². The van der Waals surface area contributed by atoms with Crippen molar-refractivity contribution in [3.8, 4) is 11.4 Å². The number of rotatable bonds is 3. The molecule has 9 heteroatoms. The first kappa shape index (κ1) is 22.7. The van der Waals surface area contributed by atoms with Crippen LogP contribution in [-0.4, -0.2) is 28.4 Å². The molecule has 0 unspecified atom stereocenters. The maximum absolute atomic E-state index is 14.4. The molecule has 1 aromatic heterocycles. The van der Waals surface area contributed by atoms with Crippen molar-refractivity contribution < 1.29 is 17.2 Å². The minimum atomic E-state index is -3.86. The molecule has 0 saturated heterocycles. The summed E-state index contributed by atoms with van der Waals surface area (Å²) >= 11 is 0. The van der Waals surface area contributed by atoms with Crippen LogP contribution in [0.4, 0.5) is 8.78 Å². The lowest BCUT2D eigenvalue weighted by molar-refractivity contribution is 0.562. The van der Waals surface area contributed by atoms with Crippen LogP contribution < -0.4 is 5.56 Å². The van der Waals surface area contributed by atoms with Gasteiger partial charge in [0.2, 0.25) is 0 Å². The number of fused-ring (bicyclic) bond motifs is 1. The average molecular weight is 448 g/mol. The van der Waals surface area contributed by atoms with E-state index >= 15 is 0 Å². The van der Waals surface area contributed by atoms with Crippen LogP contribution in [0.15, 0.2) is 39.5 Å². The molecule has 0 aliphatic rings. The van der Waals surface area contributed by atoms with Gasteiger partial charge in [0, 0.05) is 12.6 Å². The highest BCUT2D eigenvalue weighted by Gasteiger charge is 2.29. The normalized spacial score (nSPS) is 13.1. The van der Waals surface area contributed by atoms with E-state index in [0.717, 1.165) is 16.7 Å². The molecule has 31 heavy (non-hydrogen) atoms. The van der Waals surface area contributed by atoms with Crippen LogP contribution in [-0.2, 0) is 17.1 Å². The summed E-state index contributed by atoms with van der Waals surface area (Å²) in [5.41, 5.74) is 0.292. The molecule has 3 aromatic rings. The predicted octanol–water partition coefficient (Wildman–Crippen LogP) is 4.12. The SMILES string of the molecule is C/C(=N\S(=O)(=O)C(C)(C)C)c1cc(C)cc2c(=O)n(C)c(-c3c(F)cccc3F)nc12. The zero-order chi connectivity index (χ0) is 23.3.